The van der Waals surface area contributed by atoms with E-state index in [4.69, 9.17) is 23.2 Å². The van der Waals surface area contributed by atoms with Crippen LogP contribution in [0.1, 0.15) is 0 Å². The second kappa shape index (κ2) is 4.44. The molecule has 2 aromatic carbocycles. The zero-order chi connectivity index (χ0) is 11.7. The molecule has 0 saturated heterocycles. The van der Waals surface area contributed by atoms with Crippen molar-refractivity contribution in [3.05, 3.63) is 46.4 Å². The highest BCUT2D eigenvalue weighted by molar-refractivity contribution is 6.33. The third-order valence-electron chi connectivity index (χ3n) is 2.44. The fourth-order valence-electron chi connectivity index (χ4n) is 1.45. The molecule has 6 N–H and O–H groups in total. The summed E-state index contributed by atoms with van der Waals surface area (Å²) in [6.45, 7) is 0. The molecule has 0 aliphatic heterocycles. The second-order valence-electron chi connectivity index (χ2n) is 3.61. The fraction of sp³-hybridized carbons (Fsp3) is 0. The predicted octanol–water partition coefficient (Wildman–Crippen LogP) is 2.41. The SMILES string of the molecule is [NH3+]c1ccc(-c2ccc([NH3+])c(Cl)c2)cc1Cl. The Kier molecular flexibility index (Phi) is 3.17. The highest BCUT2D eigenvalue weighted by Crippen LogP contribution is 2.29. The highest BCUT2D eigenvalue weighted by atomic mass is 35.5. The van der Waals surface area contributed by atoms with E-state index in [0.717, 1.165) is 22.5 Å². The number of rotatable bonds is 1. The van der Waals surface area contributed by atoms with Crippen LogP contribution in [0.2, 0.25) is 10.0 Å². The van der Waals surface area contributed by atoms with Gasteiger partial charge >= 0.3 is 0 Å². The molecule has 0 spiro atoms. The van der Waals surface area contributed by atoms with Gasteiger partial charge in [-0.25, -0.2) is 0 Å². The van der Waals surface area contributed by atoms with E-state index in [9.17, 15) is 0 Å². The van der Waals surface area contributed by atoms with E-state index in [1.54, 1.807) is 0 Å². The Bertz CT molecular complexity index is 489. The molecule has 0 aliphatic carbocycles. The average molecular weight is 255 g/mol. The van der Waals surface area contributed by atoms with Crippen LogP contribution in [0, 0.1) is 0 Å². The number of hydrogen-bond acceptors (Lipinski definition) is 0. The smallest absolute Gasteiger partial charge is 0.146 e. The zero-order valence-electron chi connectivity index (χ0n) is 8.63. The first-order valence-corrected chi connectivity index (χ1v) is 5.57. The van der Waals surface area contributed by atoms with Crippen molar-refractivity contribution in [2.24, 2.45) is 0 Å². The maximum absolute atomic E-state index is 6.03. The lowest BCUT2D eigenvalue weighted by molar-refractivity contribution is -0.255. The van der Waals surface area contributed by atoms with Crippen LogP contribution < -0.4 is 11.5 Å². The van der Waals surface area contributed by atoms with E-state index in [2.05, 4.69) is 11.5 Å². The van der Waals surface area contributed by atoms with Crippen LogP contribution in [0.5, 0.6) is 0 Å². The van der Waals surface area contributed by atoms with Gasteiger partial charge < -0.3 is 11.5 Å². The van der Waals surface area contributed by atoms with Gasteiger partial charge in [0.25, 0.3) is 0 Å². The van der Waals surface area contributed by atoms with Crippen LogP contribution in [0.25, 0.3) is 11.1 Å². The van der Waals surface area contributed by atoms with Gasteiger partial charge in [0.1, 0.15) is 21.4 Å². The van der Waals surface area contributed by atoms with Crippen LogP contribution in [-0.4, -0.2) is 0 Å². The van der Waals surface area contributed by atoms with Crippen molar-refractivity contribution in [2.75, 3.05) is 0 Å². The third kappa shape index (κ3) is 2.20. The number of benzene rings is 2. The molecular formula is C12H12Cl2N2+2. The molecule has 0 amide bonds. The van der Waals surface area contributed by atoms with E-state index >= 15 is 0 Å². The quantitative estimate of drug-likeness (QED) is 0.786. The van der Waals surface area contributed by atoms with Crippen molar-refractivity contribution >= 4 is 34.6 Å². The van der Waals surface area contributed by atoms with Crippen molar-refractivity contribution in [2.45, 2.75) is 0 Å². The van der Waals surface area contributed by atoms with E-state index in [1.807, 2.05) is 36.4 Å². The van der Waals surface area contributed by atoms with Crippen molar-refractivity contribution in [3.8, 4) is 11.1 Å². The first-order chi connectivity index (χ1) is 7.58. The van der Waals surface area contributed by atoms with Gasteiger partial charge in [-0.05, 0) is 35.4 Å². The molecule has 4 heteroatoms. The summed E-state index contributed by atoms with van der Waals surface area (Å²) in [7, 11) is 0. The summed E-state index contributed by atoms with van der Waals surface area (Å²) in [6, 6.07) is 11.5. The molecule has 0 atom stereocenters. The summed E-state index contributed by atoms with van der Waals surface area (Å²) in [5.41, 5.74) is 11.3. The van der Waals surface area contributed by atoms with E-state index in [-0.39, 0.29) is 0 Å². The van der Waals surface area contributed by atoms with E-state index < -0.39 is 0 Å². The Morgan fingerprint density at radius 1 is 0.688 bits per heavy atom. The lowest BCUT2D eigenvalue weighted by atomic mass is 10.1. The molecule has 0 saturated carbocycles. The fourth-order valence-corrected chi connectivity index (χ4v) is 1.81. The molecule has 2 nitrogen and oxygen atoms in total. The van der Waals surface area contributed by atoms with Crippen molar-refractivity contribution < 1.29 is 11.5 Å². The molecular weight excluding hydrogens is 243 g/mol. The Morgan fingerprint density at radius 2 is 1.06 bits per heavy atom. The molecule has 2 rings (SSSR count). The first-order valence-electron chi connectivity index (χ1n) is 4.81. The molecule has 2 aromatic rings. The van der Waals surface area contributed by atoms with Gasteiger partial charge in [0.05, 0.1) is 0 Å². The second-order valence-corrected chi connectivity index (χ2v) is 4.43. The molecule has 0 radical (unpaired) electrons. The first kappa shape index (κ1) is 11.4. The molecule has 0 unspecified atom stereocenters. The molecule has 0 aromatic heterocycles. The van der Waals surface area contributed by atoms with E-state index in [1.165, 1.54) is 0 Å². The summed E-state index contributed by atoms with van der Waals surface area (Å²) in [5, 5.41) is 1.32. The van der Waals surface area contributed by atoms with Gasteiger partial charge in [-0.3, -0.25) is 0 Å². The van der Waals surface area contributed by atoms with Crippen LogP contribution in [-0.2, 0) is 0 Å². The monoisotopic (exact) mass is 254 g/mol. The summed E-state index contributed by atoms with van der Waals surface area (Å²) in [4.78, 5) is 0. The molecule has 0 fully saturated rings. The van der Waals surface area contributed by atoms with Crippen molar-refractivity contribution in [1.82, 2.24) is 0 Å². The van der Waals surface area contributed by atoms with Crippen LogP contribution in [0.15, 0.2) is 36.4 Å². The molecule has 82 valence electrons. The normalized spacial score (nSPS) is 10.5. The minimum atomic E-state index is 0.660. The summed E-state index contributed by atoms with van der Waals surface area (Å²) < 4.78 is 0. The van der Waals surface area contributed by atoms with Crippen molar-refractivity contribution in [1.29, 1.82) is 0 Å². The number of hydrogen-bond donors (Lipinski definition) is 2. The van der Waals surface area contributed by atoms with Gasteiger partial charge in [0.15, 0.2) is 0 Å². The molecule has 0 bridgehead atoms. The zero-order valence-corrected chi connectivity index (χ0v) is 10.1. The Morgan fingerprint density at radius 3 is 1.38 bits per heavy atom. The standard InChI is InChI=1S/C12H10Cl2N2/c13-9-5-7(1-3-11(9)15)8-2-4-12(16)10(14)6-8/h1-6H,15-16H2/p+2. The lowest BCUT2D eigenvalue weighted by Crippen LogP contribution is -2.40. The maximum Gasteiger partial charge on any atom is 0.146 e. The molecule has 16 heavy (non-hydrogen) atoms. The summed E-state index contributed by atoms with van der Waals surface area (Å²) >= 11 is 12.1. The molecule has 0 aliphatic rings. The van der Waals surface area contributed by atoms with Gasteiger partial charge in [-0.2, -0.15) is 0 Å². The minimum absolute atomic E-state index is 0.660. The Hall–Kier alpha value is -1.06. The minimum Gasteiger partial charge on any atom is -0.324 e. The predicted molar refractivity (Wildman–Crippen MR) is 67.0 cm³/mol. The maximum atomic E-state index is 6.03. The van der Waals surface area contributed by atoms with Gasteiger partial charge in [-0.15, -0.1) is 0 Å². The largest absolute Gasteiger partial charge is 0.324 e. The van der Waals surface area contributed by atoms with Crippen LogP contribution in [0.3, 0.4) is 0 Å². The van der Waals surface area contributed by atoms with Crippen molar-refractivity contribution in [3.63, 3.8) is 0 Å². The summed E-state index contributed by atoms with van der Waals surface area (Å²) in [6.07, 6.45) is 0. The number of quaternary nitrogens is 2. The lowest BCUT2D eigenvalue weighted by Gasteiger charge is -2.03. The van der Waals surface area contributed by atoms with E-state index in [0.29, 0.717) is 10.0 Å². The highest BCUT2D eigenvalue weighted by Gasteiger charge is 2.06. The third-order valence-corrected chi connectivity index (χ3v) is 3.14. The van der Waals surface area contributed by atoms with Gasteiger partial charge in [0, 0.05) is 12.1 Å². The summed E-state index contributed by atoms with van der Waals surface area (Å²) in [5.74, 6) is 0. The average Bonchev–Trinajstić information content (AvgIpc) is 2.26. The number of halogens is 2. The van der Waals surface area contributed by atoms with Crippen LogP contribution in [0.4, 0.5) is 11.4 Å². The molecule has 0 heterocycles. The Balaban J connectivity index is 2.50. The Labute approximate surface area is 104 Å². The van der Waals surface area contributed by atoms with Gasteiger partial charge in [0.2, 0.25) is 0 Å². The topological polar surface area (TPSA) is 55.3 Å². The van der Waals surface area contributed by atoms with Gasteiger partial charge in [-0.1, -0.05) is 23.2 Å². The van der Waals surface area contributed by atoms with Crippen LogP contribution >= 0.6 is 23.2 Å².